The molecule has 188 valence electrons. The fourth-order valence-electron chi connectivity index (χ4n) is 4.45. The maximum Gasteiger partial charge on any atom is 0.410 e. The van der Waals surface area contributed by atoms with E-state index < -0.39 is 11.0 Å². The molecule has 34 heavy (non-hydrogen) atoms. The molecule has 7 nitrogen and oxygen atoms in total. The summed E-state index contributed by atoms with van der Waals surface area (Å²) in [5, 5.41) is 0. The number of ether oxygens (including phenoxy) is 1. The first-order valence-electron chi connectivity index (χ1n) is 12.5. The molecule has 1 unspecified atom stereocenters. The van der Waals surface area contributed by atoms with E-state index in [0.717, 1.165) is 11.3 Å². The van der Waals surface area contributed by atoms with E-state index in [2.05, 4.69) is 4.98 Å². The zero-order chi connectivity index (χ0) is 25.5. The van der Waals surface area contributed by atoms with Crippen LogP contribution in [0.3, 0.4) is 0 Å². The van der Waals surface area contributed by atoms with Crippen LogP contribution in [0.4, 0.5) is 10.5 Å². The number of hydrogen-bond acceptors (Lipinski definition) is 5. The van der Waals surface area contributed by atoms with Gasteiger partial charge in [0.15, 0.2) is 5.89 Å². The Morgan fingerprint density at radius 3 is 2.32 bits per heavy atom. The minimum absolute atomic E-state index is 0.0451. The summed E-state index contributed by atoms with van der Waals surface area (Å²) in [6.07, 6.45) is 4.71. The number of carbonyl (C=O) groups is 2. The van der Waals surface area contributed by atoms with Crippen molar-refractivity contribution in [3.05, 3.63) is 48.2 Å². The van der Waals surface area contributed by atoms with E-state index in [1.165, 1.54) is 6.26 Å². The van der Waals surface area contributed by atoms with Crippen molar-refractivity contribution >= 4 is 17.7 Å². The summed E-state index contributed by atoms with van der Waals surface area (Å²) in [6, 6.07) is 8.00. The number of carbonyl (C=O) groups excluding carboxylic acids is 2. The molecular formula is C27H41N3O4. The Morgan fingerprint density at radius 2 is 1.76 bits per heavy atom. The van der Waals surface area contributed by atoms with Crippen LogP contribution >= 0.6 is 0 Å². The summed E-state index contributed by atoms with van der Waals surface area (Å²) in [6.45, 7) is 16.7. The first-order valence-corrected chi connectivity index (χ1v) is 12.5. The SMILES string of the molecule is CC.CC.CC(C)(C)OC(=O)N1CCC(N2C(=O)C(C)(Cc3ncco3)c3ccccc32)CC1. The van der Waals surface area contributed by atoms with Gasteiger partial charge in [0.25, 0.3) is 0 Å². The number of hydrogen-bond donors (Lipinski definition) is 0. The molecule has 1 saturated heterocycles. The smallest absolute Gasteiger partial charge is 0.410 e. The van der Waals surface area contributed by atoms with Crippen LogP contribution in [0.25, 0.3) is 0 Å². The Kier molecular flexibility index (Phi) is 9.30. The third-order valence-electron chi connectivity index (χ3n) is 5.92. The number of rotatable bonds is 3. The lowest BCUT2D eigenvalue weighted by molar-refractivity contribution is -0.123. The van der Waals surface area contributed by atoms with Gasteiger partial charge in [0.05, 0.1) is 11.6 Å². The van der Waals surface area contributed by atoms with Gasteiger partial charge in [-0.2, -0.15) is 0 Å². The number of benzene rings is 1. The van der Waals surface area contributed by atoms with Crippen LogP contribution in [0.1, 0.15) is 79.7 Å². The third-order valence-corrected chi connectivity index (χ3v) is 5.92. The molecule has 4 rings (SSSR count). The van der Waals surface area contributed by atoms with E-state index in [1.807, 2.05) is 84.6 Å². The minimum atomic E-state index is -0.719. The lowest BCUT2D eigenvalue weighted by Gasteiger charge is -2.38. The normalized spacial score (nSPS) is 20.1. The summed E-state index contributed by atoms with van der Waals surface area (Å²) >= 11 is 0. The Bertz CT molecular complexity index is 928. The van der Waals surface area contributed by atoms with Crippen molar-refractivity contribution in [3.8, 4) is 0 Å². The average Bonchev–Trinajstić information content (AvgIpc) is 3.41. The largest absolute Gasteiger partial charge is 0.449 e. The Hall–Kier alpha value is -2.83. The van der Waals surface area contributed by atoms with Crippen molar-refractivity contribution in [3.63, 3.8) is 0 Å². The van der Waals surface area contributed by atoms with Gasteiger partial charge < -0.3 is 19.0 Å². The fourth-order valence-corrected chi connectivity index (χ4v) is 4.45. The van der Waals surface area contributed by atoms with Crippen LogP contribution in [0.5, 0.6) is 0 Å². The van der Waals surface area contributed by atoms with Gasteiger partial charge >= 0.3 is 6.09 Å². The summed E-state index contributed by atoms with van der Waals surface area (Å²) < 4.78 is 10.9. The van der Waals surface area contributed by atoms with Gasteiger partial charge in [0.1, 0.15) is 11.9 Å². The molecule has 0 spiro atoms. The number of nitrogens with zero attached hydrogens (tertiary/aromatic N) is 3. The van der Waals surface area contributed by atoms with Crippen LogP contribution in [0.15, 0.2) is 41.1 Å². The highest BCUT2D eigenvalue weighted by molar-refractivity contribution is 6.08. The molecule has 2 aliphatic heterocycles. The molecule has 0 bridgehead atoms. The summed E-state index contributed by atoms with van der Waals surface area (Å²) in [4.78, 5) is 34.0. The minimum Gasteiger partial charge on any atom is -0.449 e. The van der Waals surface area contributed by atoms with Gasteiger partial charge in [-0.05, 0) is 52.2 Å². The second-order valence-corrected chi connectivity index (χ2v) is 9.33. The average molecular weight is 472 g/mol. The topological polar surface area (TPSA) is 75.9 Å². The number of anilines is 1. The number of likely N-dealkylation sites (tertiary alicyclic amines) is 1. The van der Waals surface area contributed by atoms with Crippen molar-refractivity contribution in [1.82, 2.24) is 9.88 Å². The van der Waals surface area contributed by atoms with Gasteiger partial charge in [-0.15, -0.1) is 0 Å². The number of piperidine rings is 1. The Labute approximate surface area is 204 Å². The van der Waals surface area contributed by atoms with E-state index in [0.29, 0.717) is 38.2 Å². The van der Waals surface area contributed by atoms with Crippen LogP contribution in [0.2, 0.25) is 0 Å². The number of fused-ring (bicyclic) bond motifs is 1. The molecular weight excluding hydrogens is 430 g/mol. The van der Waals surface area contributed by atoms with Crippen molar-refractivity contribution < 1.29 is 18.7 Å². The maximum atomic E-state index is 13.7. The van der Waals surface area contributed by atoms with E-state index in [4.69, 9.17) is 9.15 Å². The van der Waals surface area contributed by atoms with E-state index in [-0.39, 0.29) is 18.0 Å². The number of amides is 2. The summed E-state index contributed by atoms with van der Waals surface area (Å²) in [7, 11) is 0. The third kappa shape index (κ3) is 5.80. The van der Waals surface area contributed by atoms with E-state index in [1.54, 1.807) is 11.1 Å². The lowest BCUT2D eigenvalue weighted by Crippen LogP contribution is -2.51. The molecule has 2 aliphatic rings. The second-order valence-electron chi connectivity index (χ2n) is 9.33. The van der Waals surface area contributed by atoms with Crippen LogP contribution in [0, 0.1) is 0 Å². The van der Waals surface area contributed by atoms with Gasteiger partial charge in [-0.25, -0.2) is 9.78 Å². The first kappa shape index (κ1) is 27.4. The number of aromatic nitrogens is 1. The fraction of sp³-hybridized carbons (Fsp3) is 0.593. The summed E-state index contributed by atoms with van der Waals surface area (Å²) in [5.74, 6) is 0.625. The highest BCUT2D eigenvalue weighted by Gasteiger charge is 2.50. The zero-order valence-electron chi connectivity index (χ0n) is 22.1. The second kappa shape index (κ2) is 11.5. The molecule has 1 aromatic carbocycles. The van der Waals surface area contributed by atoms with Gasteiger partial charge in [0.2, 0.25) is 5.91 Å². The van der Waals surface area contributed by atoms with Crippen LogP contribution in [-0.2, 0) is 21.4 Å². The van der Waals surface area contributed by atoms with E-state index in [9.17, 15) is 9.59 Å². The van der Waals surface area contributed by atoms with Crippen molar-refractivity contribution in [1.29, 1.82) is 0 Å². The number of para-hydroxylation sites is 1. The predicted molar refractivity (Wildman–Crippen MR) is 135 cm³/mol. The molecule has 2 aromatic rings. The monoisotopic (exact) mass is 471 g/mol. The van der Waals surface area contributed by atoms with Gasteiger partial charge in [-0.3, -0.25) is 4.79 Å². The Balaban J connectivity index is 0.000000970. The molecule has 2 amide bonds. The molecule has 0 N–H and O–H groups in total. The lowest BCUT2D eigenvalue weighted by atomic mass is 9.80. The van der Waals surface area contributed by atoms with Gasteiger partial charge in [-0.1, -0.05) is 45.9 Å². The Morgan fingerprint density at radius 1 is 1.15 bits per heavy atom. The standard InChI is InChI=1S/C23H29N3O4.2C2H6/c1-22(2,3)30-21(28)25-12-9-16(10-13-25)26-18-8-6-5-7-17(18)23(4,20(26)27)15-19-24-11-14-29-19;2*1-2/h5-8,11,14,16H,9-10,12-13,15H2,1-4H3;2*1-2H3. The number of oxazole rings is 1. The molecule has 7 heteroatoms. The van der Waals surface area contributed by atoms with Gasteiger partial charge in [0, 0.05) is 31.2 Å². The molecule has 3 heterocycles. The highest BCUT2D eigenvalue weighted by Crippen LogP contribution is 2.45. The van der Waals surface area contributed by atoms with Crippen LogP contribution in [-0.4, -0.2) is 46.6 Å². The predicted octanol–water partition coefficient (Wildman–Crippen LogP) is 5.97. The van der Waals surface area contributed by atoms with Crippen LogP contribution < -0.4 is 4.90 Å². The quantitative estimate of drug-likeness (QED) is 0.551. The molecule has 1 atom stereocenters. The molecule has 1 aromatic heterocycles. The molecule has 1 fully saturated rings. The first-order chi connectivity index (χ1) is 16.2. The highest BCUT2D eigenvalue weighted by atomic mass is 16.6. The van der Waals surface area contributed by atoms with Crippen molar-refractivity contribution in [2.75, 3.05) is 18.0 Å². The maximum absolute atomic E-state index is 13.7. The zero-order valence-corrected chi connectivity index (χ0v) is 22.1. The molecule has 0 saturated carbocycles. The van der Waals surface area contributed by atoms with Crippen molar-refractivity contribution in [2.24, 2.45) is 0 Å². The summed E-state index contributed by atoms with van der Waals surface area (Å²) in [5.41, 5.74) is 0.721. The molecule has 0 aliphatic carbocycles. The van der Waals surface area contributed by atoms with E-state index >= 15 is 0 Å². The molecule has 0 radical (unpaired) electrons. The van der Waals surface area contributed by atoms with Crippen molar-refractivity contribution in [2.45, 2.75) is 91.7 Å².